The summed E-state index contributed by atoms with van der Waals surface area (Å²) in [5.74, 6) is -0.622. The summed E-state index contributed by atoms with van der Waals surface area (Å²) in [6, 6.07) is 16.7. The minimum absolute atomic E-state index is 0.196. The molecule has 1 amide bonds. The molecule has 1 atom stereocenters. The third-order valence-electron chi connectivity index (χ3n) is 7.06. The van der Waals surface area contributed by atoms with E-state index in [1.807, 2.05) is 19.1 Å². The van der Waals surface area contributed by atoms with Crippen LogP contribution in [0.15, 0.2) is 65.9 Å². The first-order chi connectivity index (χ1) is 16.9. The van der Waals surface area contributed by atoms with E-state index in [0.717, 1.165) is 60.7 Å². The average Bonchev–Trinajstić information content (AvgIpc) is 3.28. The molecule has 5 rings (SSSR count). The Labute approximate surface area is 205 Å². The highest BCUT2D eigenvalue weighted by atomic mass is 19.1. The molecule has 0 bridgehead atoms. The van der Waals surface area contributed by atoms with Crippen LogP contribution in [0.3, 0.4) is 0 Å². The molecule has 5 nitrogen and oxygen atoms in total. The lowest BCUT2D eigenvalue weighted by atomic mass is 9.80. The van der Waals surface area contributed by atoms with Gasteiger partial charge in [-0.25, -0.2) is 4.39 Å². The van der Waals surface area contributed by atoms with Crippen LogP contribution in [-0.2, 0) is 4.84 Å². The minimum atomic E-state index is -0.405. The summed E-state index contributed by atoms with van der Waals surface area (Å²) in [6.07, 6.45) is 7.54. The molecule has 1 N–H and O–H groups in total. The van der Waals surface area contributed by atoms with Crippen molar-refractivity contribution in [3.05, 3.63) is 89.0 Å². The van der Waals surface area contributed by atoms with Crippen molar-refractivity contribution < 1.29 is 14.0 Å². The van der Waals surface area contributed by atoms with E-state index >= 15 is 0 Å². The Hall–Kier alpha value is -3.54. The summed E-state index contributed by atoms with van der Waals surface area (Å²) < 4.78 is 13.3. The molecule has 1 saturated carbocycles. The molecule has 1 aliphatic carbocycles. The highest BCUT2D eigenvalue weighted by Gasteiger charge is 2.40. The van der Waals surface area contributed by atoms with E-state index < -0.39 is 5.82 Å². The van der Waals surface area contributed by atoms with Crippen molar-refractivity contribution in [2.45, 2.75) is 64.0 Å². The first kappa shape index (κ1) is 23.2. The van der Waals surface area contributed by atoms with Crippen LogP contribution in [-0.4, -0.2) is 22.2 Å². The maximum absolute atomic E-state index is 13.3. The standard InChI is InChI=1S/C29H30FN3O2/c1-19-6-8-21(9-7-19)22-14-23(27-17-29(35-33-27)12-4-3-5-13-29)16-24(15-22)28(34)32-20(2)26-11-10-25(30)18-31-26/h6-11,14-16,18,20H,3-5,12-13,17H2,1-2H3,(H,32,34)/t20-/m1/s1. The zero-order valence-electron chi connectivity index (χ0n) is 20.2. The molecule has 1 aromatic heterocycles. The predicted octanol–water partition coefficient (Wildman–Crippen LogP) is 6.51. The van der Waals surface area contributed by atoms with Gasteiger partial charge in [-0.05, 0) is 81.0 Å². The summed E-state index contributed by atoms with van der Waals surface area (Å²) in [7, 11) is 0. The number of hydrogen-bond donors (Lipinski definition) is 1. The number of pyridine rings is 1. The summed E-state index contributed by atoms with van der Waals surface area (Å²) in [6.45, 7) is 3.89. The number of halogens is 1. The quantitative estimate of drug-likeness (QED) is 0.461. The average molecular weight is 472 g/mol. The fourth-order valence-corrected chi connectivity index (χ4v) is 4.98. The highest BCUT2D eigenvalue weighted by molar-refractivity contribution is 6.05. The Morgan fingerprint density at radius 3 is 2.46 bits per heavy atom. The molecule has 35 heavy (non-hydrogen) atoms. The van der Waals surface area contributed by atoms with Crippen LogP contribution in [0.1, 0.15) is 78.7 Å². The van der Waals surface area contributed by atoms with Crippen LogP contribution in [0.2, 0.25) is 0 Å². The van der Waals surface area contributed by atoms with Gasteiger partial charge in [0.2, 0.25) is 0 Å². The number of benzene rings is 2. The molecular formula is C29H30FN3O2. The van der Waals surface area contributed by atoms with E-state index in [4.69, 9.17) is 4.84 Å². The topological polar surface area (TPSA) is 63.6 Å². The van der Waals surface area contributed by atoms with Crippen molar-refractivity contribution in [3.63, 3.8) is 0 Å². The van der Waals surface area contributed by atoms with Gasteiger partial charge in [-0.15, -0.1) is 0 Å². The van der Waals surface area contributed by atoms with Crippen molar-refractivity contribution in [1.82, 2.24) is 10.3 Å². The molecule has 6 heteroatoms. The van der Waals surface area contributed by atoms with E-state index in [2.05, 4.69) is 52.7 Å². The third-order valence-corrected chi connectivity index (χ3v) is 7.06. The Morgan fingerprint density at radius 1 is 1.00 bits per heavy atom. The van der Waals surface area contributed by atoms with E-state index in [-0.39, 0.29) is 17.6 Å². The third kappa shape index (κ3) is 5.11. The van der Waals surface area contributed by atoms with Gasteiger partial charge in [0.15, 0.2) is 0 Å². The number of nitrogens with zero attached hydrogens (tertiary/aromatic N) is 2. The van der Waals surface area contributed by atoms with Crippen molar-refractivity contribution in [3.8, 4) is 11.1 Å². The van der Waals surface area contributed by atoms with Gasteiger partial charge in [0.05, 0.1) is 23.6 Å². The predicted molar refractivity (Wildman–Crippen MR) is 135 cm³/mol. The zero-order chi connectivity index (χ0) is 24.4. The summed E-state index contributed by atoms with van der Waals surface area (Å²) in [4.78, 5) is 23.4. The lowest BCUT2D eigenvalue weighted by Gasteiger charge is -2.30. The van der Waals surface area contributed by atoms with Crippen LogP contribution in [0.25, 0.3) is 11.1 Å². The largest absolute Gasteiger partial charge is 0.389 e. The van der Waals surface area contributed by atoms with Crippen molar-refractivity contribution in [1.29, 1.82) is 0 Å². The van der Waals surface area contributed by atoms with Gasteiger partial charge in [-0.1, -0.05) is 41.4 Å². The number of aryl methyl sites for hydroxylation is 1. The van der Waals surface area contributed by atoms with Crippen molar-refractivity contribution in [2.24, 2.45) is 5.16 Å². The molecule has 0 unspecified atom stereocenters. The van der Waals surface area contributed by atoms with Gasteiger partial charge < -0.3 is 10.2 Å². The number of carbonyl (C=O) groups excluding carboxylic acids is 1. The maximum atomic E-state index is 13.3. The molecule has 1 aliphatic heterocycles. The van der Waals surface area contributed by atoms with Crippen LogP contribution in [0, 0.1) is 12.7 Å². The maximum Gasteiger partial charge on any atom is 0.251 e. The monoisotopic (exact) mass is 471 g/mol. The Kier molecular flexibility index (Phi) is 6.37. The van der Waals surface area contributed by atoms with Gasteiger partial charge in [0.25, 0.3) is 5.91 Å². The normalized spacial score (nSPS) is 17.5. The number of hydrogen-bond acceptors (Lipinski definition) is 4. The van der Waals surface area contributed by atoms with E-state index in [9.17, 15) is 9.18 Å². The Balaban J connectivity index is 1.45. The molecule has 2 heterocycles. The SMILES string of the molecule is Cc1ccc(-c2cc(C(=O)N[C@H](C)c3ccc(F)cn3)cc(C3=NOC4(CCCCC4)C3)c2)cc1. The van der Waals surface area contributed by atoms with Gasteiger partial charge in [0.1, 0.15) is 11.4 Å². The van der Waals surface area contributed by atoms with Gasteiger partial charge >= 0.3 is 0 Å². The molecular weight excluding hydrogens is 441 g/mol. The second-order valence-corrected chi connectivity index (χ2v) is 9.81. The second-order valence-electron chi connectivity index (χ2n) is 9.81. The first-order valence-corrected chi connectivity index (χ1v) is 12.3. The van der Waals surface area contributed by atoms with Gasteiger partial charge in [-0.2, -0.15) is 0 Å². The molecule has 180 valence electrons. The van der Waals surface area contributed by atoms with Gasteiger partial charge in [-0.3, -0.25) is 9.78 Å². The van der Waals surface area contributed by atoms with E-state index in [1.54, 1.807) is 6.07 Å². The number of oxime groups is 1. The molecule has 1 spiro atoms. The van der Waals surface area contributed by atoms with Crippen molar-refractivity contribution in [2.75, 3.05) is 0 Å². The molecule has 1 fully saturated rings. The minimum Gasteiger partial charge on any atom is -0.389 e. The van der Waals surface area contributed by atoms with Crippen LogP contribution in [0.4, 0.5) is 4.39 Å². The smallest absolute Gasteiger partial charge is 0.251 e. The van der Waals surface area contributed by atoms with Crippen LogP contribution in [0.5, 0.6) is 0 Å². The number of rotatable bonds is 5. The molecule has 2 aromatic carbocycles. The highest BCUT2D eigenvalue weighted by Crippen LogP contribution is 2.40. The number of nitrogens with one attached hydrogen (secondary N) is 1. The molecule has 2 aliphatic rings. The Bertz CT molecular complexity index is 1250. The zero-order valence-corrected chi connectivity index (χ0v) is 20.2. The van der Waals surface area contributed by atoms with E-state index in [0.29, 0.717) is 11.3 Å². The second kappa shape index (κ2) is 9.61. The van der Waals surface area contributed by atoms with Crippen LogP contribution < -0.4 is 5.32 Å². The Morgan fingerprint density at radius 2 is 1.74 bits per heavy atom. The first-order valence-electron chi connectivity index (χ1n) is 12.3. The lowest BCUT2D eigenvalue weighted by Crippen LogP contribution is -2.31. The van der Waals surface area contributed by atoms with Crippen molar-refractivity contribution >= 4 is 11.6 Å². The van der Waals surface area contributed by atoms with Crippen LogP contribution >= 0.6 is 0 Å². The number of carbonyl (C=O) groups is 1. The number of amides is 1. The number of aromatic nitrogens is 1. The van der Waals surface area contributed by atoms with Gasteiger partial charge in [0, 0.05) is 17.5 Å². The molecule has 0 radical (unpaired) electrons. The fourth-order valence-electron chi connectivity index (χ4n) is 4.98. The summed E-state index contributed by atoms with van der Waals surface area (Å²) in [5.41, 5.74) is 5.90. The summed E-state index contributed by atoms with van der Waals surface area (Å²) >= 11 is 0. The summed E-state index contributed by atoms with van der Waals surface area (Å²) in [5, 5.41) is 7.49. The van der Waals surface area contributed by atoms with E-state index in [1.165, 1.54) is 18.1 Å². The molecule has 3 aromatic rings. The lowest BCUT2D eigenvalue weighted by molar-refractivity contribution is -0.0449. The fraction of sp³-hybridized carbons (Fsp3) is 0.345. The molecule has 0 saturated heterocycles.